The van der Waals surface area contributed by atoms with Gasteiger partial charge in [-0.15, -0.1) is 0 Å². The number of carbonyl (C=O) groups excluding carboxylic acids is 1. The minimum Gasteiger partial charge on any atom is -0.465 e. The molecule has 2 saturated heterocycles. The number of piperidine rings is 2. The second-order valence-corrected chi connectivity index (χ2v) is 8.26. The van der Waals surface area contributed by atoms with E-state index in [2.05, 4.69) is 15.9 Å². The zero-order valence-electron chi connectivity index (χ0n) is 14.9. The largest absolute Gasteiger partial charge is 0.465 e. The Hall–Kier alpha value is -0.920. The van der Waals surface area contributed by atoms with Gasteiger partial charge in [0.15, 0.2) is 0 Å². The summed E-state index contributed by atoms with van der Waals surface area (Å²) in [6.07, 6.45) is 3.44. The lowest BCUT2D eigenvalue weighted by molar-refractivity contribution is -0.154. The third-order valence-electron chi connectivity index (χ3n) is 4.95. The van der Waals surface area contributed by atoms with E-state index in [0.29, 0.717) is 0 Å². The van der Waals surface area contributed by atoms with Gasteiger partial charge in [0.25, 0.3) is 0 Å². The van der Waals surface area contributed by atoms with Gasteiger partial charge in [0, 0.05) is 6.04 Å². The van der Waals surface area contributed by atoms with Gasteiger partial charge in [-0.2, -0.15) is 4.31 Å². The number of sulfonamides is 1. The number of rotatable bonds is 4. The number of ether oxygens (including phenoxy) is 1. The van der Waals surface area contributed by atoms with Crippen molar-refractivity contribution < 1.29 is 17.9 Å². The highest BCUT2D eigenvalue weighted by Crippen LogP contribution is 2.43. The fourth-order valence-corrected chi connectivity index (χ4v) is 5.69. The Morgan fingerprint density at radius 3 is 2.24 bits per heavy atom. The second kappa shape index (κ2) is 8.64. The topological polar surface area (TPSA) is 63.7 Å². The highest BCUT2D eigenvalue weighted by atomic mass is 79.9. The monoisotopic (exact) mass is 431 g/mol. The van der Waals surface area contributed by atoms with Crippen molar-refractivity contribution >= 4 is 31.9 Å². The Balaban J connectivity index is 0.00000109. The summed E-state index contributed by atoms with van der Waals surface area (Å²) in [5, 5.41) is 0. The normalized spacial score (nSPS) is 25.8. The van der Waals surface area contributed by atoms with Crippen molar-refractivity contribution in [2.45, 2.75) is 56.5 Å². The Morgan fingerprint density at radius 2 is 1.72 bits per heavy atom. The van der Waals surface area contributed by atoms with Gasteiger partial charge in [-0.25, -0.2) is 8.42 Å². The van der Waals surface area contributed by atoms with Gasteiger partial charge in [0.2, 0.25) is 10.0 Å². The van der Waals surface area contributed by atoms with E-state index in [0.717, 1.165) is 31.2 Å². The molecule has 0 radical (unpaired) electrons. The molecule has 5 nitrogen and oxygen atoms in total. The molecule has 0 N–H and O–H groups in total. The molecule has 1 atom stereocenters. The molecule has 2 bridgehead atoms. The van der Waals surface area contributed by atoms with Crippen LogP contribution in [0.4, 0.5) is 0 Å². The minimum absolute atomic E-state index is 0.0688. The zero-order chi connectivity index (χ0) is 18.6. The molecule has 3 fully saturated rings. The van der Waals surface area contributed by atoms with Crippen LogP contribution in [-0.2, 0) is 19.6 Å². The first-order valence-corrected chi connectivity index (χ1v) is 11.6. The molecule has 2 aliphatic heterocycles. The van der Waals surface area contributed by atoms with E-state index < -0.39 is 22.0 Å². The average molecular weight is 432 g/mol. The van der Waals surface area contributed by atoms with E-state index in [-0.39, 0.29) is 23.5 Å². The predicted molar refractivity (Wildman–Crippen MR) is 101 cm³/mol. The number of aryl methyl sites for hydroxylation is 1. The quantitative estimate of drug-likeness (QED) is 0.540. The maximum atomic E-state index is 13.1. The lowest BCUT2D eigenvalue weighted by Gasteiger charge is -2.48. The summed E-state index contributed by atoms with van der Waals surface area (Å²) in [6.45, 7) is 3.93. The molecule has 140 valence electrons. The number of esters is 1. The van der Waals surface area contributed by atoms with Gasteiger partial charge < -0.3 is 4.74 Å². The molecule has 0 spiro atoms. The van der Waals surface area contributed by atoms with Gasteiger partial charge >= 0.3 is 5.97 Å². The van der Waals surface area contributed by atoms with Crippen LogP contribution in [0.15, 0.2) is 29.2 Å². The Bertz CT molecular complexity index is 682. The van der Waals surface area contributed by atoms with Crippen molar-refractivity contribution in [2.75, 3.05) is 12.4 Å². The van der Waals surface area contributed by atoms with Crippen molar-refractivity contribution in [2.24, 2.45) is 5.92 Å². The van der Waals surface area contributed by atoms with Crippen LogP contribution in [0.5, 0.6) is 0 Å². The van der Waals surface area contributed by atoms with Gasteiger partial charge in [0.1, 0.15) is 6.04 Å². The van der Waals surface area contributed by atoms with E-state index in [4.69, 9.17) is 4.74 Å². The molecule has 0 amide bonds. The molecule has 1 aromatic rings. The zero-order valence-corrected chi connectivity index (χ0v) is 17.3. The Kier molecular flexibility index (Phi) is 7.05. The molecule has 1 unspecified atom stereocenters. The number of benzene rings is 1. The molecule has 1 saturated carbocycles. The Labute approximate surface area is 158 Å². The van der Waals surface area contributed by atoms with Crippen LogP contribution in [0, 0.1) is 12.8 Å². The van der Waals surface area contributed by atoms with Crippen LogP contribution in [0.1, 0.15) is 38.2 Å². The SMILES string of the molecule is CBr.CCOC(=O)C1C2CCC(CC2)N1S(=O)(=O)c1ccc(C)cc1. The van der Waals surface area contributed by atoms with Gasteiger partial charge in [-0.1, -0.05) is 33.6 Å². The van der Waals surface area contributed by atoms with Crippen molar-refractivity contribution in [3.8, 4) is 0 Å². The van der Waals surface area contributed by atoms with Crippen LogP contribution in [-0.4, -0.2) is 43.2 Å². The summed E-state index contributed by atoms with van der Waals surface area (Å²) >= 11 is 2.94. The number of carbonyl (C=O) groups is 1. The number of nitrogens with zero attached hydrogens (tertiary/aromatic N) is 1. The molecule has 3 aliphatic rings. The van der Waals surface area contributed by atoms with Crippen molar-refractivity contribution in [1.82, 2.24) is 4.31 Å². The second-order valence-electron chi connectivity index (χ2n) is 6.41. The molecule has 4 rings (SSSR count). The minimum atomic E-state index is -3.69. The van der Waals surface area contributed by atoms with Gasteiger partial charge in [-0.05, 0) is 63.4 Å². The summed E-state index contributed by atoms with van der Waals surface area (Å²) in [5.74, 6) is 1.48. The molecule has 1 aliphatic carbocycles. The number of fused-ring (bicyclic) bond motifs is 3. The van der Waals surface area contributed by atoms with E-state index in [9.17, 15) is 13.2 Å². The molecule has 1 aromatic carbocycles. The van der Waals surface area contributed by atoms with E-state index in [1.165, 1.54) is 4.31 Å². The van der Waals surface area contributed by atoms with Crippen molar-refractivity contribution in [3.63, 3.8) is 0 Å². The smallest absolute Gasteiger partial charge is 0.324 e. The maximum absolute atomic E-state index is 13.1. The fraction of sp³-hybridized carbons (Fsp3) is 0.611. The van der Waals surface area contributed by atoms with Crippen LogP contribution < -0.4 is 0 Å². The molecular weight excluding hydrogens is 406 g/mol. The average Bonchev–Trinajstić information content (AvgIpc) is 2.64. The number of hydrogen-bond acceptors (Lipinski definition) is 4. The highest BCUT2D eigenvalue weighted by Gasteiger charge is 2.51. The number of alkyl halides is 1. The molecular formula is C18H26BrNO4S. The van der Waals surface area contributed by atoms with Crippen LogP contribution in [0.25, 0.3) is 0 Å². The number of halogens is 1. The standard InChI is InChI=1S/C17H23NO4S.CH3Br/c1-3-22-17(19)16-13-6-8-14(9-7-13)18(16)23(20,21)15-10-4-12(2)5-11-15;1-2/h4-5,10-11,13-14,16H,3,6-9H2,1-2H3;1H3. The molecule has 2 heterocycles. The van der Waals surface area contributed by atoms with Crippen molar-refractivity contribution in [1.29, 1.82) is 0 Å². The van der Waals surface area contributed by atoms with E-state index in [1.807, 2.05) is 12.8 Å². The first-order chi connectivity index (χ1) is 11.9. The third kappa shape index (κ3) is 4.09. The highest BCUT2D eigenvalue weighted by molar-refractivity contribution is 9.08. The van der Waals surface area contributed by atoms with Crippen LogP contribution in [0.3, 0.4) is 0 Å². The summed E-state index contributed by atoms with van der Waals surface area (Å²) in [7, 11) is -3.69. The first-order valence-electron chi connectivity index (χ1n) is 8.59. The van der Waals surface area contributed by atoms with Crippen LogP contribution in [0.2, 0.25) is 0 Å². The Morgan fingerprint density at radius 1 is 1.16 bits per heavy atom. The third-order valence-corrected chi connectivity index (χ3v) is 6.89. The molecule has 0 aromatic heterocycles. The number of hydrogen-bond donors (Lipinski definition) is 0. The lowest BCUT2D eigenvalue weighted by atomic mass is 9.76. The van der Waals surface area contributed by atoms with Gasteiger partial charge in [0.05, 0.1) is 11.5 Å². The summed E-state index contributed by atoms with van der Waals surface area (Å²) in [5.41, 5.74) is 1.01. The fourth-order valence-electron chi connectivity index (χ4n) is 3.81. The molecule has 7 heteroatoms. The maximum Gasteiger partial charge on any atom is 0.324 e. The predicted octanol–water partition coefficient (Wildman–Crippen LogP) is 3.50. The first kappa shape index (κ1) is 20.4. The summed E-state index contributed by atoms with van der Waals surface area (Å²) in [6, 6.07) is 6.04. The molecule has 25 heavy (non-hydrogen) atoms. The van der Waals surface area contributed by atoms with E-state index >= 15 is 0 Å². The lowest BCUT2D eigenvalue weighted by Crippen LogP contribution is -2.60. The van der Waals surface area contributed by atoms with Gasteiger partial charge in [-0.3, -0.25) is 4.79 Å². The summed E-state index contributed by atoms with van der Waals surface area (Å²) < 4.78 is 32.9. The summed E-state index contributed by atoms with van der Waals surface area (Å²) in [4.78, 5) is 12.7. The van der Waals surface area contributed by atoms with Crippen molar-refractivity contribution in [3.05, 3.63) is 29.8 Å². The van der Waals surface area contributed by atoms with E-state index in [1.54, 1.807) is 31.2 Å². The van der Waals surface area contributed by atoms with Crippen LogP contribution >= 0.6 is 15.9 Å².